The summed E-state index contributed by atoms with van der Waals surface area (Å²) in [6, 6.07) is 0. The van der Waals surface area contributed by atoms with E-state index in [1.807, 2.05) is 0 Å². The molecule has 0 spiro atoms. The van der Waals surface area contributed by atoms with E-state index in [4.69, 9.17) is 15.2 Å². The SMILES string of the molecule is CC1(C)CCC(c2noc(C3CCCC3CN)n2)CC1. The van der Waals surface area contributed by atoms with Crippen molar-refractivity contribution in [2.24, 2.45) is 17.1 Å². The van der Waals surface area contributed by atoms with Crippen LogP contribution in [0.15, 0.2) is 4.52 Å². The molecule has 0 aliphatic heterocycles. The lowest BCUT2D eigenvalue weighted by molar-refractivity contribution is 0.218. The zero-order valence-electron chi connectivity index (χ0n) is 12.8. The third-order valence-corrected chi connectivity index (χ3v) is 5.44. The van der Waals surface area contributed by atoms with E-state index < -0.39 is 0 Å². The average molecular weight is 277 g/mol. The quantitative estimate of drug-likeness (QED) is 0.916. The number of hydrogen-bond donors (Lipinski definition) is 1. The highest BCUT2D eigenvalue weighted by Gasteiger charge is 2.34. The van der Waals surface area contributed by atoms with Crippen molar-refractivity contribution in [3.05, 3.63) is 11.7 Å². The predicted octanol–water partition coefficient (Wildman–Crippen LogP) is 3.60. The van der Waals surface area contributed by atoms with E-state index in [1.54, 1.807) is 0 Å². The summed E-state index contributed by atoms with van der Waals surface area (Å²) >= 11 is 0. The third-order valence-electron chi connectivity index (χ3n) is 5.44. The maximum atomic E-state index is 5.85. The van der Waals surface area contributed by atoms with E-state index in [1.165, 1.54) is 38.5 Å². The fourth-order valence-electron chi connectivity index (χ4n) is 3.87. The van der Waals surface area contributed by atoms with E-state index in [0.717, 1.165) is 24.7 Å². The van der Waals surface area contributed by atoms with Gasteiger partial charge in [0, 0.05) is 11.8 Å². The fourth-order valence-corrected chi connectivity index (χ4v) is 3.87. The van der Waals surface area contributed by atoms with Gasteiger partial charge >= 0.3 is 0 Å². The van der Waals surface area contributed by atoms with E-state index in [0.29, 0.717) is 23.2 Å². The second kappa shape index (κ2) is 5.47. The maximum absolute atomic E-state index is 5.85. The summed E-state index contributed by atoms with van der Waals surface area (Å²) in [6.07, 6.45) is 8.50. The van der Waals surface area contributed by atoms with Gasteiger partial charge in [-0.25, -0.2) is 0 Å². The summed E-state index contributed by atoms with van der Waals surface area (Å²) < 4.78 is 5.57. The molecule has 0 amide bonds. The van der Waals surface area contributed by atoms with Gasteiger partial charge in [-0.1, -0.05) is 25.4 Å². The van der Waals surface area contributed by atoms with Gasteiger partial charge in [0.25, 0.3) is 0 Å². The Kier molecular flexibility index (Phi) is 3.85. The molecule has 1 heterocycles. The normalized spacial score (nSPS) is 30.8. The number of rotatable bonds is 3. The zero-order chi connectivity index (χ0) is 14.2. The molecule has 112 valence electrons. The molecule has 4 nitrogen and oxygen atoms in total. The molecule has 2 fully saturated rings. The van der Waals surface area contributed by atoms with Crippen LogP contribution in [0.25, 0.3) is 0 Å². The first kappa shape index (κ1) is 14.1. The molecular formula is C16H27N3O. The minimum Gasteiger partial charge on any atom is -0.339 e. The Balaban J connectivity index is 1.68. The van der Waals surface area contributed by atoms with Crippen LogP contribution in [0.2, 0.25) is 0 Å². The molecule has 0 bridgehead atoms. The minimum absolute atomic E-state index is 0.404. The molecule has 2 saturated carbocycles. The van der Waals surface area contributed by atoms with Crippen LogP contribution in [0.4, 0.5) is 0 Å². The molecule has 4 heteroatoms. The van der Waals surface area contributed by atoms with Crippen LogP contribution in [0.3, 0.4) is 0 Å². The number of nitrogens with zero attached hydrogens (tertiary/aromatic N) is 2. The Hall–Kier alpha value is -0.900. The average Bonchev–Trinajstić information content (AvgIpc) is 3.06. The van der Waals surface area contributed by atoms with Gasteiger partial charge in [-0.2, -0.15) is 4.98 Å². The van der Waals surface area contributed by atoms with Gasteiger partial charge in [0.1, 0.15) is 0 Å². The minimum atomic E-state index is 0.404. The van der Waals surface area contributed by atoms with Gasteiger partial charge < -0.3 is 10.3 Å². The van der Waals surface area contributed by atoms with Crippen LogP contribution in [0, 0.1) is 11.3 Å². The first-order valence-corrected chi connectivity index (χ1v) is 8.12. The van der Waals surface area contributed by atoms with Crippen molar-refractivity contribution < 1.29 is 4.52 Å². The van der Waals surface area contributed by atoms with Crippen molar-refractivity contribution >= 4 is 0 Å². The van der Waals surface area contributed by atoms with Crippen LogP contribution in [0.5, 0.6) is 0 Å². The Morgan fingerprint density at radius 1 is 1.20 bits per heavy atom. The fraction of sp³-hybridized carbons (Fsp3) is 0.875. The Bertz CT molecular complexity index is 444. The smallest absolute Gasteiger partial charge is 0.230 e. The number of aromatic nitrogens is 2. The lowest BCUT2D eigenvalue weighted by atomic mass is 9.73. The van der Waals surface area contributed by atoms with Gasteiger partial charge in [0.05, 0.1) is 0 Å². The lowest BCUT2D eigenvalue weighted by Crippen LogP contribution is -2.21. The summed E-state index contributed by atoms with van der Waals surface area (Å²) in [5, 5.41) is 4.27. The van der Waals surface area contributed by atoms with Gasteiger partial charge in [-0.05, 0) is 56.4 Å². The highest BCUT2D eigenvalue weighted by molar-refractivity contribution is 5.04. The van der Waals surface area contributed by atoms with Gasteiger partial charge in [0.15, 0.2) is 5.82 Å². The number of hydrogen-bond acceptors (Lipinski definition) is 4. The van der Waals surface area contributed by atoms with E-state index in [2.05, 4.69) is 19.0 Å². The summed E-state index contributed by atoms with van der Waals surface area (Å²) in [7, 11) is 0. The maximum Gasteiger partial charge on any atom is 0.230 e. The third kappa shape index (κ3) is 2.76. The summed E-state index contributed by atoms with van der Waals surface area (Å²) in [5.74, 6) is 3.23. The van der Waals surface area contributed by atoms with Crippen molar-refractivity contribution in [1.29, 1.82) is 0 Å². The predicted molar refractivity (Wildman–Crippen MR) is 78.4 cm³/mol. The molecule has 3 rings (SSSR count). The first-order chi connectivity index (χ1) is 9.59. The standard InChI is InChI=1S/C16H27N3O/c1-16(2)8-6-11(7-9-16)14-18-15(20-19-14)13-5-3-4-12(13)10-17/h11-13H,3-10,17H2,1-2H3. The van der Waals surface area contributed by atoms with Crippen molar-refractivity contribution in [1.82, 2.24) is 10.1 Å². The van der Waals surface area contributed by atoms with Crippen molar-refractivity contribution in [3.63, 3.8) is 0 Å². The van der Waals surface area contributed by atoms with Crippen molar-refractivity contribution in [2.75, 3.05) is 6.54 Å². The molecular weight excluding hydrogens is 250 g/mol. The Labute approximate surface area is 121 Å². The highest BCUT2D eigenvalue weighted by Crippen LogP contribution is 2.43. The van der Waals surface area contributed by atoms with E-state index in [-0.39, 0.29) is 0 Å². The number of nitrogens with two attached hydrogens (primary N) is 1. The molecule has 2 aliphatic carbocycles. The molecule has 2 unspecified atom stereocenters. The monoisotopic (exact) mass is 277 g/mol. The van der Waals surface area contributed by atoms with Crippen LogP contribution in [0.1, 0.15) is 82.3 Å². The van der Waals surface area contributed by atoms with Gasteiger partial charge in [-0.15, -0.1) is 0 Å². The van der Waals surface area contributed by atoms with Crippen LogP contribution in [-0.2, 0) is 0 Å². The van der Waals surface area contributed by atoms with E-state index >= 15 is 0 Å². The molecule has 1 aromatic heterocycles. The summed E-state index contributed by atoms with van der Waals surface area (Å²) in [4.78, 5) is 4.73. The first-order valence-electron chi connectivity index (χ1n) is 8.12. The Morgan fingerprint density at radius 3 is 2.65 bits per heavy atom. The molecule has 1 aromatic rings. The largest absolute Gasteiger partial charge is 0.339 e. The van der Waals surface area contributed by atoms with Crippen LogP contribution in [-0.4, -0.2) is 16.7 Å². The van der Waals surface area contributed by atoms with Crippen LogP contribution >= 0.6 is 0 Å². The van der Waals surface area contributed by atoms with E-state index in [9.17, 15) is 0 Å². The molecule has 0 saturated heterocycles. The Morgan fingerprint density at radius 2 is 1.95 bits per heavy atom. The highest BCUT2D eigenvalue weighted by atomic mass is 16.5. The molecule has 2 N–H and O–H groups in total. The molecule has 0 radical (unpaired) electrons. The topological polar surface area (TPSA) is 64.9 Å². The van der Waals surface area contributed by atoms with Crippen LogP contribution < -0.4 is 5.73 Å². The van der Waals surface area contributed by atoms with Crippen molar-refractivity contribution in [2.45, 2.75) is 70.6 Å². The zero-order valence-corrected chi connectivity index (χ0v) is 12.8. The summed E-state index contributed by atoms with van der Waals surface area (Å²) in [6.45, 7) is 5.45. The molecule has 0 aromatic carbocycles. The lowest BCUT2D eigenvalue weighted by Gasteiger charge is -2.32. The second-order valence-electron chi connectivity index (χ2n) is 7.46. The van der Waals surface area contributed by atoms with Crippen molar-refractivity contribution in [3.8, 4) is 0 Å². The second-order valence-corrected chi connectivity index (χ2v) is 7.46. The molecule has 2 aliphatic rings. The van der Waals surface area contributed by atoms with Gasteiger partial charge in [-0.3, -0.25) is 0 Å². The molecule has 2 atom stereocenters. The van der Waals surface area contributed by atoms with Gasteiger partial charge in [0.2, 0.25) is 5.89 Å². The summed E-state index contributed by atoms with van der Waals surface area (Å²) in [5.41, 5.74) is 6.34. The molecule has 20 heavy (non-hydrogen) atoms.